The Balaban J connectivity index is 1.80. The van der Waals surface area contributed by atoms with Crippen molar-refractivity contribution in [3.05, 3.63) is 34.6 Å². The molecule has 1 saturated heterocycles. The van der Waals surface area contributed by atoms with Crippen LogP contribution in [-0.4, -0.2) is 19.3 Å². The molecule has 1 N–H and O–H groups in total. The van der Waals surface area contributed by atoms with E-state index in [1.807, 2.05) is 0 Å². The lowest BCUT2D eigenvalue weighted by Crippen LogP contribution is -2.26. The summed E-state index contributed by atoms with van der Waals surface area (Å²) in [4.78, 5) is 0. The van der Waals surface area contributed by atoms with Crippen LogP contribution in [-0.2, 0) is 11.3 Å². The van der Waals surface area contributed by atoms with Crippen molar-refractivity contribution in [2.75, 3.05) is 13.2 Å². The summed E-state index contributed by atoms with van der Waals surface area (Å²) < 4.78 is 18.9. The molecule has 1 aliphatic heterocycles. The molecular formula is C12H15ClFNO. The van der Waals surface area contributed by atoms with Gasteiger partial charge in [-0.25, -0.2) is 4.39 Å². The fraction of sp³-hybridized carbons (Fsp3) is 0.500. The van der Waals surface area contributed by atoms with Crippen molar-refractivity contribution < 1.29 is 9.13 Å². The van der Waals surface area contributed by atoms with E-state index in [1.54, 1.807) is 12.1 Å². The number of ether oxygens (including phenoxy) is 1. The summed E-state index contributed by atoms with van der Waals surface area (Å²) in [5.74, 6) is -0.257. The normalized spacial score (nSPS) is 20.2. The molecule has 1 aromatic carbocycles. The summed E-state index contributed by atoms with van der Waals surface area (Å²) in [6.07, 6.45) is 2.51. The molecule has 0 bridgehead atoms. The summed E-state index contributed by atoms with van der Waals surface area (Å²) in [5, 5.41) is 3.63. The van der Waals surface area contributed by atoms with E-state index >= 15 is 0 Å². The van der Waals surface area contributed by atoms with Gasteiger partial charge in [0.05, 0.1) is 6.10 Å². The van der Waals surface area contributed by atoms with Gasteiger partial charge in [0, 0.05) is 30.3 Å². The number of benzene rings is 1. The van der Waals surface area contributed by atoms with Gasteiger partial charge in [0.1, 0.15) is 5.82 Å². The van der Waals surface area contributed by atoms with Gasteiger partial charge in [-0.2, -0.15) is 0 Å². The topological polar surface area (TPSA) is 21.3 Å². The van der Waals surface area contributed by atoms with Crippen molar-refractivity contribution in [3.63, 3.8) is 0 Å². The monoisotopic (exact) mass is 243 g/mol. The van der Waals surface area contributed by atoms with Crippen molar-refractivity contribution in [1.29, 1.82) is 0 Å². The van der Waals surface area contributed by atoms with Crippen LogP contribution in [0.2, 0.25) is 5.02 Å². The maximum Gasteiger partial charge on any atom is 0.129 e. The van der Waals surface area contributed by atoms with Crippen molar-refractivity contribution in [2.45, 2.75) is 25.5 Å². The van der Waals surface area contributed by atoms with Crippen LogP contribution in [0.15, 0.2) is 18.2 Å². The van der Waals surface area contributed by atoms with E-state index in [-0.39, 0.29) is 11.9 Å². The van der Waals surface area contributed by atoms with Gasteiger partial charge < -0.3 is 10.1 Å². The average molecular weight is 244 g/mol. The number of rotatable bonds is 4. The van der Waals surface area contributed by atoms with Gasteiger partial charge in [-0.05, 0) is 25.0 Å². The van der Waals surface area contributed by atoms with E-state index in [4.69, 9.17) is 16.3 Å². The number of halogens is 2. The van der Waals surface area contributed by atoms with E-state index < -0.39 is 0 Å². The van der Waals surface area contributed by atoms with Crippen LogP contribution >= 0.6 is 11.6 Å². The Morgan fingerprint density at radius 2 is 2.38 bits per heavy atom. The zero-order chi connectivity index (χ0) is 11.4. The lowest BCUT2D eigenvalue weighted by atomic mass is 10.2. The summed E-state index contributed by atoms with van der Waals surface area (Å²) in [5.41, 5.74) is 0.641. The molecule has 1 unspecified atom stereocenters. The van der Waals surface area contributed by atoms with Gasteiger partial charge in [-0.1, -0.05) is 17.7 Å². The molecular weight excluding hydrogens is 229 g/mol. The molecule has 0 saturated carbocycles. The van der Waals surface area contributed by atoms with Crippen LogP contribution in [0, 0.1) is 5.82 Å². The molecule has 1 fully saturated rings. The highest BCUT2D eigenvalue weighted by molar-refractivity contribution is 6.30. The summed E-state index contributed by atoms with van der Waals surface area (Å²) in [6.45, 7) is 2.15. The van der Waals surface area contributed by atoms with Crippen LogP contribution in [0.1, 0.15) is 18.4 Å². The maximum absolute atomic E-state index is 13.4. The van der Waals surface area contributed by atoms with Crippen molar-refractivity contribution in [3.8, 4) is 0 Å². The van der Waals surface area contributed by atoms with E-state index in [1.165, 1.54) is 6.07 Å². The molecule has 1 atom stereocenters. The zero-order valence-electron chi connectivity index (χ0n) is 9.01. The van der Waals surface area contributed by atoms with Crippen molar-refractivity contribution >= 4 is 11.6 Å². The third-order valence-corrected chi connectivity index (χ3v) is 2.96. The first-order valence-corrected chi connectivity index (χ1v) is 5.90. The minimum Gasteiger partial charge on any atom is -0.377 e. The Kier molecular flexibility index (Phi) is 4.16. The average Bonchev–Trinajstić information content (AvgIpc) is 2.74. The van der Waals surface area contributed by atoms with Crippen LogP contribution in [0.4, 0.5) is 4.39 Å². The smallest absolute Gasteiger partial charge is 0.129 e. The lowest BCUT2D eigenvalue weighted by molar-refractivity contribution is 0.110. The summed E-state index contributed by atoms with van der Waals surface area (Å²) >= 11 is 5.67. The first-order valence-electron chi connectivity index (χ1n) is 5.52. The molecule has 16 heavy (non-hydrogen) atoms. The van der Waals surface area contributed by atoms with Crippen molar-refractivity contribution in [1.82, 2.24) is 5.32 Å². The standard InChI is InChI=1S/C12H15ClFNO/c13-10-4-3-9(12(14)6-10)7-15-8-11-2-1-5-16-11/h3-4,6,11,15H,1-2,5,7-8H2. The largest absolute Gasteiger partial charge is 0.377 e. The third-order valence-electron chi connectivity index (χ3n) is 2.73. The van der Waals surface area contributed by atoms with Gasteiger partial charge in [0.25, 0.3) is 0 Å². The molecule has 2 nitrogen and oxygen atoms in total. The van der Waals surface area contributed by atoms with Gasteiger partial charge in [0.15, 0.2) is 0 Å². The first kappa shape index (κ1) is 11.8. The number of nitrogens with one attached hydrogen (secondary N) is 1. The van der Waals surface area contributed by atoms with Crippen LogP contribution in [0.25, 0.3) is 0 Å². The molecule has 0 radical (unpaired) electrons. The fourth-order valence-electron chi connectivity index (χ4n) is 1.84. The van der Waals surface area contributed by atoms with Gasteiger partial charge in [-0.15, -0.1) is 0 Å². The minimum absolute atomic E-state index is 0.257. The maximum atomic E-state index is 13.4. The highest BCUT2D eigenvalue weighted by Gasteiger charge is 2.14. The molecule has 2 rings (SSSR count). The molecule has 1 aliphatic rings. The SMILES string of the molecule is Fc1cc(Cl)ccc1CNCC1CCCO1. The molecule has 88 valence electrons. The summed E-state index contributed by atoms with van der Waals surface area (Å²) in [6, 6.07) is 4.75. The first-order chi connectivity index (χ1) is 7.75. The lowest BCUT2D eigenvalue weighted by Gasteiger charge is -2.11. The van der Waals surface area contributed by atoms with Gasteiger partial charge in [-0.3, -0.25) is 0 Å². The molecule has 1 aromatic rings. The summed E-state index contributed by atoms with van der Waals surface area (Å²) in [7, 11) is 0. The predicted octanol–water partition coefficient (Wildman–Crippen LogP) is 2.75. The second-order valence-electron chi connectivity index (χ2n) is 4.00. The molecule has 0 aromatic heterocycles. The quantitative estimate of drug-likeness (QED) is 0.878. The second kappa shape index (κ2) is 5.62. The Morgan fingerprint density at radius 1 is 1.50 bits per heavy atom. The molecule has 0 aliphatic carbocycles. The van der Waals surface area contributed by atoms with E-state index in [9.17, 15) is 4.39 Å². The van der Waals surface area contributed by atoms with Gasteiger partial charge in [0.2, 0.25) is 0 Å². The molecule has 0 spiro atoms. The van der Waals surface area contributed by atoms with E-state index in [0.717, 1.165) is 26.0 Å². The Labute approximate surface area is 99.7 Å². The van der Waals surface area contributed by atoms with E-state index in [0.29, 0.717) is 17.1 Å². The number of hydrogen-bond donors (Lipinski definition) is 1. The Hall–Kier alpha value is -0.640. The molecule has 0 amide bonds. The van der Waals surface area contributed by atoms with Gasteiger partial charge >= 0.3 is 0 Å². The highest BCUT2D eigenvalue weighted by atomic mass is 35.5. The minimum atomic E-state index is -0.257. The molecule has 1 heterocycles. The second-order valence-corrected chi connectivity index (χ2v) is 4.44. The Morgan fingerprint density at radius 3 is 3.06 bits per heavy atom. The van der Waals surface area contributed by atoms with Crippen LogP contribution in [0.3, 0.4) is 0 Å². The fourth-order valence-corrected chi connectivity index (χ4v) is 2.00. The third kappa shape index (κ3) is 3.17. The predicted molar refractivity (Wildman–Crippen MR) is 62.1 cm³/mol. The van der Waals surface area contributed by atoms with E-state index in [2.05, 4.69) is 5.32 Å². The van der Waals surface area contributed by atoms with Crippen LogP contribution in [0.5, 0.6) is 0 Å². The zero-order valence-corrected chi connectivity index (χ0v) is 9.77. The highest BCUT2D eigenvalue weighted by Crippen LogP contribution is 2.15. The van der Waals surface area contributed by atoms with Crippen LogP contribution < -0.4 is 5.32 Å². The number of hydrogen-bond acceptors (Lipinski definition) is 2. The van der Waals surface area contributed by atoms with Crippen molar-refractivity contribution in [2.24, 2.45) is 0 Å². The Bertz CT molecular complexity index is 353. The molecule has 4 heteroatoms.